The van der Waals surface area contributed by atoms with Crippen LogP contribution in [0.25, 0.3) is 128 Å². The van der Waals surface area contributed by atoms with Crippen molar-refractivity contribution < 1.29 is 0 Å². The average Bonchev–Trinajstić information content (AvgIpc) is 3.88. The van der Waals surface area contributed by atoms with Gasteiger partial charge in [0.2, 0.25) is 0 Å². The largest absolute Gasteiger partial charge is 0.134 e. The molecule has 0 spiro atoms. The van der Waals surface area contributed by atoms with Crippen molar-refractivity contribution >= 4 is 107 Å². The SMILES string of the molecule is c1ccc2cc(-c3c(-c4c5ccccc5c(-c5sc6ccccc6c5-c5ccc6ccccc6c5)c5cc6c(ccc7ccccc76)cc45)sc4ccccc34)ccc2c1. The van der Waals surface area contributed by atoms with Crippen molar-refractivity contribution in [3.63, 3.8) is 0 Å². The van der Waals surface area contributed by atoms with Crippen molar-refractivity contribution in [2.45, 2.75) is 0 Å². The number of fused-ring (bicyclic) bond motifs is 9. The van der Waals surface area contributed by atoms with Gasteiger partial charge in [-0.05, 0) is 112 Å². The monoisotopic (exact) mass is 794 g/mol. The van der Waals surface area contributed by atoms with Gasteiger partial charge in [0.05, 0.1) is 0 Å². The van der Waals surface area contributed by atoms with Crippen molar-refractivity contribution in [2.24, 2.45) is 0 Å². The molecule has 0 aliphatic rings. The third-order valence-corrected chi connectivity index (χ3v) is 15.0. The molecule has 0 radical (unpaired) electrons. The molecule has 0 saturated carbocycles. The zero-order valence-electron chi connectivity index (χ0n) is 32.4. The number of thiophene rings is 2. The zero-order chi connectivity index (χ0) is 39.3. The Morgan fingerprint density at radius 3 is 1.17 bits per heavy atom. The molecule has 0 nitrogen and oxygen atoms in total. The minimum Gasteiger partial charge on any atom is -0.134 e. The summed E-state index contributed by atoms with van der Waals surface area (Å²) >= 11 is 3.85. The maximum Gasteiger partial charge on any atom is 0.0446 e. The van der Waals surface area contributed by atoms with Gasteiger partial charge in [-0.2, -0.15) is 0 Å². The summed E-state index contributed by atoms with van der Waals surface area (Å²) < 4.78 is 2.60. The van der Waals surface area contributed by atoms with Crippen LogP contribution in [0, 0.1) is 0 Å². The van der Waals surface area contributed by atoms with E-state index < -0.39 is 0 Å². The third kappa shape index (κ3) is 5.08. The highest BCUT2D eigenvalue weighted by atomic mass is 32.1. The van der Waals surface area contributed by atoms with Gasteiger partial charge in [0.1, 0.15) is 0 Å². The zero-order valence-corrected chi connectivity index (χ0v) is 34.1. The van der Waals surface area contributed by atoms with Crippen LogP contribution >= 0.6 is 22.7 Å². The summed E-state index contributed by atoms with van der Waals surface area (Å²) in [6.07, 6.45) is 0. The van der Waals surface area contributed by atoms with Crippen molar-refractivity contribution in [2.75, 3.05) is 0 Å². The molecular weight excluding hydrogens is 761 g/mol. The number of hydrogen-bond acceptors (Lipinski definition) is 2. The molecule has 2 heteroatoms. The molecule has 0 fully saturated rings. The molecule has 0 aliphatic heterocycles. The Labute approximate surface area is 354 Å². The molecule has 60 heavy (non-hydrogen) atoms. The molecule has 0 aliphatic carbocycles. The molecule has 2 heterocycles. The van der Waals surface area contributed by atoms with E-state index in [1.807, 2.05) is 22.7 Å². The average molecular weight is 795 g/mol. The van der Waals surface area contributed by atoms with Crippen molar-refractivity contribution in [3.8, 4) is 43.1 Å². The molecule has 278 valence electrons. The van der Waals surface area contributed by atoms with Crippen LogP contribution in [0.2, 0.25) is 0 Å². The predicted octanol–water partition coefficient (Wildman–Crippen LogP) is 17.7. The Bertz CT molecular complexity index is 3900. The second kappa shape index (κ2) is 13.2. The van der Waals surface area contributed by atoms with E-state index in [1.165, 1.54) is 128 Å². The van der Waals surface area contributed by atoms with Gasteiger partial charge >= 0.3 is 0 Å². The predicted molar refractivity (Wildman–Crippen MR) is 264 cm³/mol. The van der Waals surface area contributed by atoms with Gasteiger partial charge in [0, 0.05) is 52.2 Å². The molecule has 0 saturated heterocycles. The molecule has 2 aromatic heterocycles. The molecule has 0 N–H and O–H groups in total. The molecule has 0 amide bonds. The van der Waals surface area contributed by atoms with Crippen LogP contribution < -0.4 is 0 Å². The molecule has 11 aromatic carbocycles. The quantitative estimate of drug-likeness (QED) is 0.123. The fourth-order valence-electron chi connectivity index (χ4n) is 9.87. The minimum absolute atomic E-state index is 1.25. The van der Waals surface area contributed by atoms with E-state index in [1.54, 1.807) is 0 Å². The summed E-state index contributed by atoms with van der Waals surface area (Å²) in [7, 11) is 0. The molecule has 0 unspecified atom stereocenters. The first-order valence-electron chi connectivity index (χ1n) is 20.6. The Morgan fingerprint density at radius 1 is 0.217 bits per heavy atom. The maximum absolute atomic E-state index is 2.52. The first kappa shape index (κ1) is 33.8. The highest BCUT2D eigenvalue weighted by Gasteiger charge is 2.26. The summed E-state index contributed by atoms with van der Waals surface area (Å²) in [5.41, 5.74) is 7.71. The number of rotatable bonds is 4. The topological polar surface area (TPSA) is 0 Å². The standard InChI is InChI=1S/C58H34S2/c1-3-16-38-31-41(29-25-35(38)13-1)53-46-21-9-11-23-51(46)59-57(53)55-44-19-7-8-20-45(44)56(50-34-48-40(33-49(50)55)28-27-37-15-5-6-18-43(37)48)58-54(47-22-10-12-24-52(47)60-58)42-30-26-36-14-2-4-17-39(36)32-42/h1-34H. The van der Waals surface area contributed by atoms with Gasteiger partial charge in [0.25, 0.3) is 0 Å². The van der Waals surface area contributed by atoms with E-state index >= 15 is 0 Å². The van der Waals surface area contributed by atoms with Crippen LogP contribution in [-0.4, -0.2) is 0 Å². The summed E-state index contributed by atoms with van der Waals surface area (Å²) in [6, 6.07) is 77.1. The molecule has 13 aromatic rings. The van der Waals surface area contributed by atoms with Crippen LogP contribution in [-0.2, 0) is 0 Å². The van der Waals surface area contributed by atoms with Gasteiger partial charge in [-0.3, -0.25) is 0 Å². The van der Waals surface area contributed by atoms with Gasteiger partial charge in [-0.25, -0.2) is 0 Å². The van der Waals surface area contributed by atoms with Gasteiger partial charge < -0.3 is 0 Å². The lowest BCUT2D eigenvalue weighted by Crippen LogP contribution is -1.92. The lowest BCUT2D eigenvalue weighted by atomic mass is 9.85. The minimum atomic E-state index is 1.25. The fraction of sp³-hybridized carbons (Fsp3) is 0. The number of benzene rings is 11. The highest BCUT2D eigenvalue weighted by molar-refractivity contribution is 7.23. The van der Waals surface area contributed by atoms with Crippen LogP contribution in [0.15, 0.2) is 206 Å². The van der Waals surface area contributed by atoms with Gasteiger partial charge in [-0.15, -0.1) is 22.7 Å². The molecule has 13 rings (SSSR count). The van der Waals surface area contributed by atoms with Crippen LogP contribution in [0.5, 0.6) is 0 Å². The summed E-state index contributed by atoms with van der Waals surface area (Å²) in [6.45, 7) is 0. The first-order valence-corrected chi connectivity index (χ1v) is 22.2. The number of hydrogen-bond donors (Lipinski definition) is 0. The van der Waals surface area contributed by atoms with E-state index in [9.17, 15) is 0 Å². The van der Waals surface area contributed by atoms with E-state index in [0.717, 1.165) is 0 Å². The third-order valence-electron chi connectivity index (χ3n) is 12.6. The Kier molecular flexibility index (Phi) is 7.45. The maximum atomic E-state index is 2.52. The molecular formula is C58H34S2. The fourth-order valence-corrected chi connectivity index (χ4v) is 12.5. The lowest BCUT2D eigenvalue weighted by molar-refractivity contribution is 1.71. The van der Waals surface area contributed by atoms with Crippen molar-refractivity contribution in [1.82, 2.24) is 0 Å². The van der Waals surface area contributed by atoms with Gasteiger partial charge in [0.15, 0.2) is 0 Å². The lowest BCUT2D eigenvalue weighted by Gasteiger charge is -2.20. The summed E-state index contributed by atoms with van der Waals surface area (Å²) in [5.74, 6) is 0. The Hall–Kier alpha value is -7.10. The summed E-state index contributed by atoms with van der Waals surface area (Å²) in [5, 5.41) is 17.8. The van der Waals surface area contributed by atoms with Gasteiger partial charge in [-0.1, -0.05) is 170 Å². The second-order valence-electron chi connectivity index (χ2n) is 15.9. The van der Waals surface area contributed by atoms with E-state index in [4.69, 9.17) is 0 Å². The first-order chi connectivity index (χ1) is 29.7. The van der Waals surface area contributed by atoms with Crippen LogP contribution in [0.1, 0.15) is 0 Å². The van der Waals surface area contributed by atoms with Crippen LogP contribution in [0.4, 0.5) is 0 Å². The van der Waals surface area contributed by atoms with E-state index in [0.29, 0.717) is 0 Å². The summed E-state index contributed by atoms with van der Waals surface area (Å²) in [4.78, 5) is 2.62. The molecule has 0 atom stereocenters. The van der Waals surface area contributed by atoms with Crippen LogP contribution in [0.3, 0.4) is 0 Å². The Morgan fingerprint density at radius 2 is 0.617 bits per heavy atom. The van der Waals surface area contributed by atoms with Crippen molar-refractivity contribution in [1.29, 1.82) is 0 Å². The normalized spacial score (nSPS) is 12.0. The molecule has 0 bridgehead atoms. The highest BCUT2D eigenvalue weighted by Crippen LogP contribution is 2.55. The van der Waals surface area contributed by atoms with E-state index in [2.05, 4.69) is 206 Å². The van der Waals surface area contributed by atoms with Crippen molar-refractivity contribution in [3.05, 3.63) is 206 Å². The smallest absolute Gasteiger partial charge is 0.0446 e. The Balaban J connectivity index is 1.21. The second-order valence-corrected chi connectivity index (χ2v) is 18.0. The van der Waals surface area contributed by atoms with E-state index in [-0.39, 0.29) is 0 Å².